The van der Waals surface area contributed by atoms with Gasteiger partial charge in [-0.3, -0.25) is 0 Å². The Morgan fingerprint density at radius 3 is 2.53 bits per heavy atom. The third-order valence-corrected chi connectivity index (χ3v) is 3.99. The Morgan fingerprint density at radius 2 is 1.93 bits per heavy atom. The summed E-state index contributed by atoms with van der Waals surface area (Å²) in [7, 11) is 0. The summed E-state index contributed by atoms with van der Waals surface area (Å²) in [6, 6.07) is 1.03. The van der Waals surface area contributed by atoms with Crippen molar-refractivity contribution < 1.29 is 5.11 Å². The van der Waals surface area contributed by atoms with Crippen LogP contribution in [0.3, 0.4) is 0 Å². The van der Waals surface area contributed by atoms with E-state index in [1.807, 2.05) is 0 Å². The van der Waals surface area contributed by atoms with Crippen molar-refractivity contribution in [1.29, 1.82) is 0 Å². The fraction of sp³-hybridized carbons (Fsp3) is 1.00. The first kappa shape index (κ1) is 11.4. The van der Waals surface area contributed by atoms with Crippen LogP contribution in [-0.2, 0) is 0 Å². The molecule has 2 heteroatoms. The fourth-order valence-electron chi connectivity index (χ4n) is 2.72. The summed E-state index contributed by atoms with van der Waals surface area (Å²) in [5.41, 5.74) is 0. The van der Waals surface area contributed by atoms with Gasteiger partial charge in [0.15, 0.2) is 0 Å². The van der Waals surface area contributed by atoms with Gasteiger partial charge in [0.05, 0.1) is 6.10 Å². The zero-order valence-corrected chi connectivity index (χ0v) is 9.91. The molecule has 0 amide bonds. The SMILES string of the molecule is CCC(CC1CC1)NC1CCCCC1O. The second-order valence-electron chi connectivity index (χ2n) is 5.41. The molecular formula is C13H25NO. The Balaban J connectivity index is 1.75. The van der Waals surface area contributed by atoms with Gasteiger partial charge in [-0.05, 0) is 31.6 Å². The van der Waals surface area contributed by atoms with Gasteiger partial charge < -0.3 is 10.4 Å². The van der Waals surface area contributed by atoms with Gasteiger partial charge >= 0.3 is 0 Å². The number of hydrogen-bond acceptors (Lipinski definition) is 2. The maximum absolute atomic E-state index is 9.90. The van der Waals surface area contributed by atoms with Crippen LogP contribution in [0.4, 0.5) is 0 Å². The van der Waals surface area contributed by atoms with Gasteiger partial charge in [0.2, 0.25) is 0 Å². The first-order chi connectivity index (χ1) is 7.29. The standard InChI is InChI=1S/C13H25NO/c1-2-11(9-10-7-8-10)14-12-5-3-4-6-13(12)15/h10-15H,2-9H2,1H3. The molecule has 0 heterocycles. The Kier molecular flexibility index (Phi) is 4.04. The van der Waals surface area contributed by atoms with Gasteiger partial charge in [0, 0.05) is 12.1 Å². The first-order valence-corrected chi connectivity index (χ1v) is 6.73. The van der Waals surface area contributed by atoms with Crippen LogP contribution in [-0.4, -0.2) is 23.3 Å². The van der Waals surface area contributed by atoms with E-state index >= 15 is 0 Å². The average molecular weight is 211 g/mol. The van der Waals surface area contributed by atoms with E-state index in [9.17, 15) is 5.11 Å². The molecule has 0 aromatic rings. The van der Waals surface area contributed by atoms with Gasteiger partial charge in [0.1, 0.15) is 0 Å². The van der Waals surface area contributed by atoms with Crippen LogP contribution in [0.5, 0.6) is 0 Å². The predicted molar refractivity (Wildman–Crippen MR) is 62.8 cm³/mol. The highest BCUT2D eigenvalue weighted by Crippen LogP contribution is 2.34. The van der Waals surface area contributed by atoms with Crippen LogP contribution in [0.25, 0.3) is 0 Å². The van der Waals surface area contributed by atoms with Gasteiger partial charge in [-0.2, -0.15) is 0 Å². The van der Waals surface area contributed by atoms with E-state index in [0.29, 0.717) is 12.1 Å². The molecule has 2 rings (SSSR count). The summed E-state index contributed by atoms with van der Waals surface area (Å²) in [6.07, 6.45) is 9.98. The van der Waals surface area contributed by atoms with E-state index in [0.717, 1.165) is 12.3 Å². The lowest BCUT2D eigenvalue weighted by atomic mass is 9.91. The molecule has 0 aliphatic heterocycles. The van der Waals surface area contributed by atoms with E-state index in [-0.39, 0.29) is 6.10 Å². The van der Waals surface area contributed by atoms with E-state index in [2.05, 4.69) is 12.2 Å². The molecule has 0 spiro atoms. The molecule has 0 aromatic carbocycles. The lowest BCUT2D eigenvalue weighted by Gasteiger charge is -2.32. The maximum atomic E-state index is 9.90. The Labute approximate surface area is 93.5 Å². The van der Waals surface area contributed by atoms with Gasteiger partial charge in [-0.25, -0.2) is 0 Å². The number of nitrogens with one attached hydrogen (secondary N) is 1. The predicted octanol–water partition coefficient (Wildman–Crippen LogP) is 2.46. The third-order valence-electron chi connectivity index (χ3n) is 3.99. The second-order valence-corrected chi connectivity index (χ2v) is 5.41. The normalized spacial score (nSPS) is 34.0. The molecule has 2 nitrogen and oxygen atoms in total. The molecule has 15 heavy (non-hydrogen) atoms. The topological polar surface area (TPSA) is 32.3 Å². The minimum Gasteiger partial charge on any atom is -0.392 e. The number of rotatable bonds is 5. The fourth-order valence-corrected chi connectivity index (χ4v) is 2.72. The van der Waals surface area contributed by atoms with Crippen LogP contribution in [0, 0.1) is 5.92 Å². The van der Waals surface area contributed by atoms with E-state index < -0.39 is 0 Å². The van der Waals surface area contributed by atoms with Gasteiger partial charge in [0.25, 0.3) is 0 Å². The van der Waals surface area contributed by atoms with Gasteiger partial charge in [-0.1, -0.05) is 32.6 Å². The van der Waals surface area contributed by atoms with E-state index in [4.69, 9.17) is 0 Å². The Hall–Kier alpha value is -0.0800. The lowest BCUT2D eigenvalue weighted by molar-refractivity contribution is 0.0833. The summed E-state index contributed by atoms with van der Waals surface area (Å²) in [6.45, 7) is 2.26. The first-order valence-electron chi connectivity index (χ1n) is 6.73. The molecule has 2 saturated carbocycles. The average Bonchev–Trinajstić information content (AvgIpc) is 3.04. The zero-order chi connectivity index (χ0) is 10.7. The molecule has 2 N–H and O–H groups in total. The van der Waals surface area contributed by atoms with E-state index in [1.165, 1.54) is 44.9 Å². The minimum absolute atomic E-state index is 0.0907. The largest absolute Gasteiger partial charge is 0.392 e. The van der Waals surface area contributed by atoms with Crippen molar-refractivity contribution in [2.75, 3.05) is 0 Å². The molecule has 0 radical (unpaired) electrons. The molecule has 3 atom stereocenters. The monoisotopic (exact) mass is 211 g/mol. The lowest BCUT2D eigenvalue weighted by Crippen LogP contribution is -2.47. The number of aliphatic hydroxyl groups excluding tert-OH is 1. The van der Waals surface area contributed by atoms with Crippen LogP contribution in [0.2, 0.25) is 0 Å². The zero-order valence-electron chi connectivity index (χ0n) is 9.91. The van der Waals surface area contributed by atoms with Crippen molar-refractivity contribution in [3.8, 4) is 0 Å². The van der Waals surface area contributed by atoms with E-state index in [1.54, 1.807) is 0 Å². The van der Waals surface area contributed by atoms with Gasteiger partial charge in [-0.15, -0.1) is 0 Å². The summed E-state index contributed by atoms with van der Waals surface area (Å²) in [5, 5.41) is 13.6. The second kappa shape index (κ2) is 5.31. The van der Waals surface area contributed by atoms with Crippen LogP contribution in [0.1, 0.15) is 58.3 Å². The molecule has 0 bridgehead atoms. The molecule has 3 unspecified atom stereocenters. The van der Waals surface area contributed by atoms with Crippen LogP contribution in [0.15, 0.2) is 0 Å². The highest BCUT2D eigenvalue weighted by atomic mass is 16.3. The minimum atomic E-state index is -0.0907. The highest BCUT2D eigenvalue weighted by Gasteiger charge is 2.28. The Bertz CT molecular complexity index is 191. The van der Waals surface area contributed by atoms with Crippen molar-refractivity contribution in [3.05, 3.63) is 0 Å². The molecule has 2 fully saturated rings. The van der Waals surface area contributed by atoms with Crippen molar-refractivity contribution in [3.63, 3.8) is 0 Å². The van der Waals surface area contributed by atoms with Crippen molar-refractivity contribution in [2.24, 2.45) is 5.92 Å². The molecule has 0 aromatic heterocycles. The highest BCUT2D eigenvalue weighted by molar-refractivity contribution is 4.86. The smallest absolute Gasteiger partial charge is 0.0693 e. The molecule has 2 aliphatic rings. The van der Waals surface area contributed by atoms with Crippen LogP contribution < -0.4 is 5.32 Å². The summed E-state index contributed by atoms with van der Waals surface area (Å²) < 4.78 is 0. The third kappa shape index (κ3) is 3.46. The summed E-state index contributed by atoms with van der Waals surface area (Å²) in [4.78, 5) is 0. The maximum Gasteiger partial charge on any atom is 0.0693 e. The molecule has 2 aliphatic carbocycles. The number of aliphatic hydroxyl groups is 1. The number of hydrogen-bond donors (Lipinski definition) is 2. The summed E-state index contributed by atoms with van der Waals surface area (Å²) in [5.74, 6) is 0.989. The molecule has 88 valence electrons. The molecular weight excluding hydrogens is 186 g/mol. The van der Waals surface area contributed by atoms with Crippen molar-refractivity contribution in [2.45, 2.75) is 76.5 Å². The van der Waals surface area contributed by atoms with Crippen molar-refractivity contribution >= 4 is 0 Å². The molecule has 0 saturated heterocycles. The quantitative estimate of drug-likeness (QED) is 0.732. The summed E-state index contributed by atoms with van der Waals surface area (Å²) >= 11 is 0. The Morgan fingerprint density at radius 1 is 1.20 bits per heavy atom. The van der Waals surface area contributed by atoms with Crippen LogP contribution >= 0.6 is 0 Å². The van der Waals surface area contributed by atoms with Crippen molar-refractivity contribution in [1.82, 2.24) is 5.32 Å².